The van der Waals surface area contributed by atoms with Gasteiger partial charge in [-0.2, -0.15) is 0 Å². The molecule has 0 aliphatic carbocycles. The van der Waals surface area contributed by atoms with Crippen LogP contribution < -0.4 is 4.90 Å². The molecule has 2 heterocycles. The molecule has 2 aromatic heterocycles. The number of rotatable bonds is 6. The first-order chi connectivity index (χ1) is 31.3. The van der Waals surface area contributed by atoms with Gasteiger partial charge in [0.2, 0.25) is 0 Å². The number of furan rings is 2. The Morgan fingerprint density at radius 1 is 0.286 bits per heavy atom. The standard InChI is InChI=1S/C60H37NO2/c1-2-19-43-38(15-1)16-12-28-50(43)57-51-24-5-3-20-46(51)47-21-4-6-25-52(47)58(57)61(41-35-33-39(34-36-41)44-26-13-29-53-48-22-7-9-31-55(48)62-59(44)53)42-18-11-17-40(37-42)45-27-14-30-54-49-23-8-10-32-56(49)63-60(45)54/h1-37H. The van der Waals surface area contributed by atoms with Crippen LogP contribution in [0.1, 0.15) is 0 Å². The lowest BCUT2D eigenvalue weighted by atomic mass is 9.88. The minimum absolute atomic E-state index is 0.888. The van der Waals surface area contributed by atoms with Crippen LogP contribution in [0.25, 0.3) is 110 Å². The Labute approximate surface area is 363 Å². The third kappa shape index (κ3) is 5.53. The lowest BCUT2D eigenvalue weighted by Gasteiger charge is -2.31. The largest absolute Gasteiger partial charge is 0.455 e. The van der Waals surface area contributed by atoms with Gasteiger partial charge in [0.1, 0.15) is 22.3 Å². The first-order valence-electron chi connectivity index (χ1n) is 21.5. The molecule has 0 aliphatic rings. The van der Waals surface area contributed by atoms with E-state index in [2.05, 4.69) is 211 Å². The van der Waals surface area contributed by atoms with Gasteiger partial charge in [-0.3, -0.25) is 0 Å². The van der Waals surface area contributed by atoms with Crippen LogP contribution in [0.2, 0.25) is 0 Å². The third-order valence-corrected chi connectivity index (χ3v) is 12.8. The molecule has 0 saturated carbocycles. The van der Waals surface area contributed by atoms with Gasteiger partial charge in [0.05, 0.1) is 5.69 Å². The molecular weight excluding hydrogens is 767 g/mol. The van der Waals surface area contributed by atoms with Crippen LogP contribution in [0.3, 0.4) is 0 Å². The Hall–Kier alpha value is -8.40. The molecule has 0 bridgehead atoms. The third-order valence-electron chi connectivity index (χ3n) is 12.8. The van der Waals surface area contributed by atoms with E-state index in [9.17, 15) is 0 Å². The zero-order valence-electron chi connectivity index (χ0n) is 34.1. The van der Waals surface area contributed by atoms with Crippen LogP contribution in [-0.2, 0) is 0 Å². The molecular formula is C60H37NO2. The van der Waals surface area contributed by atoms with E-state index in [-0.39, 0.29) is 0 Å². The normalized spacial score (nSPS) is 11.8. The molecule has 0 fully saturated rings. The molecule has 0 spiro atoms. The van der Waals surface area contributed by atoms with E-state index in [1.807, 2.05) is 18.2 Å². The molecule has 13 aromatic rings. The van der Waals surface area contributed by atoms with Crippen molar-refractivity contribution in [3.05, 3.63) is 224 Å². The molecule has 0 aliphatic heterocycles. The zero-order valence-corrected chi connectivity index (χ0v) is 34.1. The van der Waals surface area contributed by atoms with Crippen LogP contribution in [-0.4, -0.2) is 0 Å². The Kier molecular flexibility index (Phi) is 7.91. The highest BCUT2D eigenvalue weighted by molar-refractivity contribution is 6.24. The van der Waals surface area contributed by atoms with Gasteiger partial charge in [-0.25, -0.2) is 0 Å². The van der Waals surface area contributed by atoms with Crippen molar-refractivity contribution < 1.29 is 8.83 Å². The topological polar surface area (TPSA) is 29.5 Å². The second kappa shape index (κ2) is 14.1. The Morgan fingerprint density at radius 2 is 0.762 bits per heavy atom. The molecule has 0 amide bonds. The Bertz CT molecular complexity index is 3920. The summed E-state index contributed by atoms with van der Waals surface area (Å²) in [6.07, 6.45) is 0. The van der Waals surface area contributed by atoms with Crippen molar-refractivity contribution in [2.75, 3.05) is 4.90 Å². The maximum absolute atomic E-state index is 6.61. The summed E-state index contributed by atoms with van der Waals surface area (Å²) in [6, 6.07) is 80.6. The van der Waals surface area contributed by atoms with Crippen LogP contribution in [0.4, 0.5) is 17.1 Å². The molecule has 0 saturated heterocycles. The van der Waals surface area contributed by atoms with E-state index >= 15 is 0 Å². The summed E-state index contributed by atoms with van der Waals surface area (Å²) >= 11 is 0. The van der Waals surface area contributed by atoms with Crippen LogP contribution in [0.15, 0.2) is 233 Å². The smallest absolute Gasteiger partial charge is 0.143 e. The fourth-order valence-corrected chi connectivity index (χ4v) is 10.0. The van der Waals surface area contributed by atoms with E-state index in [4.69, 9.17) is 8.83 Å². The molecule has 3 heteroatoms. The van der Waals surface area contributed by atoms with Gasteiger partial charge in [-0.15, -0.1) is 0 Å². The van der Waals surface area contributed by atoms with Crippen molar-refractivity contribution in [1.82, 2.24) is 0 Å². The van der Waals surface area contributed by atoms with Crippen LogP contribution in [0, 0.1) is 0 Å². The molecule has 0 N–H and O–H groups in total. The molecule has 0 radical (unpaired) electrons. The first-order valence-corrected chi connectivity index (χ1v) is 21.5. The first kappa shape index (κ1) is 35.4. The summed E-state index contributed by atoms with van der Waals surface area (Å²) in [7, 11) is 0. The van der Waals surface area contributed by atoms with Crippen molar-refractivity contribution in [2.45, 2.75) is 0 Å². The van der Waals surface area contributed by atoms with Crippen molar-refractivity contribution >= 4 is 93.3 Å². The van der Waals surface area contributed by atoms with Crippen LogP contribution in [0.5, 0.6) is 0 Å². The molecule has 3 nitrogen and oxygen atoms in total. The number of para-hydroxylation sites is 4. The molecule has 11 aromatic carbocycles. The predicted octanol–water partition coefficient (Wildman–Crippen LogP) is 17.4. The van der Waals surface area contributed by atoms with Gasteiger partial charge < -0.3 is 13.7 Å². The summed E-state index contributed by atoms with van der Waals surface area (Å²) < 4.78 is 13.1. The number of nitrogens with zero attached hydrogens (tertiary/aromatic N) is 1. The fraction of sp³-hybridized carbons (Fsp3) is 0. The van der Waals surface area contributed by atoms with Gasteiger partial charge in [-0.1, -0.05) is 188 Å². The lowest BCUT2D eigenvalue weighted by molar-refractivity contribution is 0.669. The minimum atomic E-state index is 0.888. The van der Waals surface area contributed by atoms with Gasteiger partial charge in [0, 0.05) is 55.0 Å². The summed E-state index contributed by atoms with van der Waals surface area (Å²) in [5, 5.41) is 11.7. The van der Waals surface area contributed by atoms with E-state index in [0.717, 1.165) is 83.2 Å². The molecule has 0 atom stereocenters. The maximum Gasteiger partial charge on any atom is 0.143 e. The van der Waals surface area contributed by atoms with Crippen LogP contribution >= 0.6 is 0 Å². The lowest BCUT2D eigenvalue weighted by Crippen LogP contribution is -2.12. The van der Waals surface area contributed by atoms with E-state index in [0.29, 0.717) is 0 Å². The Morgan fingerprint density at radius 3 is 1.44 bits per heavy atom. The number of fused-ring (bicyclic) bond motifs is 10. The summed E-state index contributed by atoms with van der Waals surface area (Å²) in [5.41, 5.74) is 13.4. The van der Waals surface area contributed by atoms with Gasteiger partial charge in [0.25, 0.3) is 0 Å². The SMILES string of the molecule is c1cc(-c2cccc3c2oc2ccccc23)cc(N(c2ccc(-c3cccc4c3oc3ccccc34)cc2)c2c(-c3cccc4ccccc34)c3ccccc3c3ccccc23)c1. The Balaban J connectivity index is 1.10. The van der Waals surface area contributed by atoms with Gasteiger partial charge >= 0.3 is 0 Å². The minimum Gasteiger partial charge on any atom is -0.455 e. The number of anilines is 3. The zero-order chi connectivity index (χ0) is 41.4. The monoisotopic (exact) mass is 803 g/mol. The molecule has 294 valence electrons. The number of hydrogen-bond donors (Lipinski definition) is 0. The second-order valence-corrected chi connectivity index (χ2v) is 16.3. The molecule has 0 unspecified atom stereocenters. The van der Waals surface area contributed by atoms with Crippen molar-refractivity contribution in [3.63, 3.8) is 0 Å². The highest BCUT2D eigenvalue weighted by Gasteiger charge is 2.25. The second-order valence-electron chi connectivity index (χ2n) is 16.3. The van der Waals surface area contributed by atoms with Crippen molar-refractivity contribution in [3.8, 4) is 33.4 Å². The summed E-state index contributed by atoms with van der Waals surface area (Å²) in [6.45, 7) is 0. The van der Waals surface area contributed by atoms with E-state index in [1.54, 1.807) is 0 Å². The van der Waals surface area contributed by atoms with E-state index < -0.39 is 0 Å². The van der Waals surface area contributed by atoms with Gasteiger partial charge in [0.15, 0.2) is 0 Å². The average Bonchev–Trinajstić information content (AvgIpc) is 3.93. The quantitative estimate of drug-likeness (QED) is 0.157. The average molecular weight is 804 g/mol. The van der Waals surface area contributed by atoms with Crippen molar-refractivity contribution in [1.29, 1.82) is 0 Å². The van der Waals surface area contributed by atoms with Gasteiger partial charge in [-0.05, 0) is 80.0 Å². The van der Waals surface area contributed by atoms with Crippen molar-refractivity contribution in [2.24, 2.45) is 0 Å². The highest BCUT2D eigenvalue weighted by Crippen LogP contribution is 2.51. The van der Waals surface area contributed by atoms with E-state index in [1.165, 1.54) is 43.4 Å². The number of hydrogen-bond acceptors (Lipinski definition) is 3. The summed E-state index contributed by atoms with van der Waals surface area (Å²) in [4.78, 5) is 2.47. The maximum atomic E-state index is 6.61. The highest BCUT2D eigenvalue weighted by atomic mass is 16.3. The number of benzene rings is 11. The molecule has 63 heavy (non-hydrogen) atoms. The molecule has 13 rings (SSSR count). The fourth-order valence-electron chi connectivity index (χ4n) is 10.0. The predicted molar refractivity (Wildman–Crippen MR) is 265 cm³/mol. The summed E-state index contributed by atoms with van der Waals surface area (Å²) in [5.74, 6) is 0.